The molecule has 0 radical (unpaired) electrons. The Bertz CT molecular complexity index is 2740. The van der Waals surface area contributed by atoms with Crippen LogP contribution in [0.5, 0.6) is 0 Å². The third kappa shape index (κ3) is 3.62. The molecule has 10 aromatic rings. The Labute approximate surface area is 266 Å². The molecule has 0 spiro atoms. The maximum Gasteiger partial charge on any atom is -0.00139 e. The van der Waals surface area contributed by atoms with Crippen LogP contribution in [-0.2, 0) is 0 Å². The van der Waals surface area contributed by atoms with Gasteiger partial charge in [0.05, 0.1) is 0 Å². The minimum absolute atomic E-state index is 1.27. The molecule has 10 aromatic carbocycles. The smallest absolute Gasteiger partial charge is 0.00139 e. The van der Waals surface area contributed by atoms with E-state index < -0.39 is 0 Å². The van der Waals surface area contributed by atoms with Crippen molar-refractivity contribution < 1.29 is 0 Å². The number of hydrogen-bond donors (Lipinski definition) is 0. The molecule has 0 aliphatic rings. The molecule has 0 heteroatoms. The van der Waals surface area contributed by atoms with Crippen LogP contribution in [0, 0.1) is 0 Å². The van der Waals surface area contributed by atoms with Crippen LogP contribution in [0.25, 0.3) is 97.7 Å². The van der Waals surface area contributed by atoms with E-state index in [1.807, 2.05) is 0 Å². The number of rotatable bonds is 2. The summed E-state index contributed by atoms with van der Waals surface area (Å²) in [7, 11) is 0. The quantitative estimate of drug-likeness (QED) is 0.141. The van der Waals surface area contributed by atoms with Gasteiger partial charge in [-0.3, -0.25) is 0 Å². The third-order valence-corrected chi connectivity index (χ3v) is 9.97. The third-order valence-electron chi connectivity index (χ3n) is 9.97. The standard InChI is InChI=1S/C46H28/c1-2-13-30-28-43-33(26-29(30)12-1)24-25-37-36(43)22-11-23-38(37)44-39-18-7-9-20-41(39)46(42-21-10-8-19-40(42)44)45-34-16-5-3-14-31(34)27-32-15-4-6-17-35(32)45/h1-28H. The van der Waals surface area contributed by atoms with Gasteiger partial charge in [-0.05, 0) is 116 Å². The van der Waals surface area contributed by atoms with Crippen LogP contribution in [-0.4, -0.2) is 0 Å². The largest absolute Gasteiger partial charge is 0.0616 e. The molecular formula is C46H28. The maximum atomic E-state index is 2.36. The van der Waals surface area contributed by atoms with Gasteiger partial charge >= 0.3 is 0 Å². The lowest BCUT2D eigenvalue weighted by molar-refractivity contribution is 1.70. The van der Waals surface area contributed by atoms with Crippen molar-refractivity contribution in [2.75, 3.05) is 0 Å². The first kappa shape index (κ1) is 25.4. The number of hydrogen-bond acceptors (Lipinski definition) is 0. The van der Waals surface area contributed by atoms with Gasteiger partial charge in [-0.25, -0.2) is 0 Å². The molecule has 10 rings (SSSR count). The highest BCUT2D eigenvalue weighted by Gasteiger charge is 2.21. The van der Waals surface area contributed by atoms with E-state index in [0.717, 1.165) is 0 Å². The first-order valence-corrected chi connectivity index (χ1v) is 16.0. The highest BCUT2D eigenvalue weighted by atomic mass is 14.2. The van der Waals surface area contributed by atoms with E-state index >= 15 is 0 Å². The van der Waals surface area contributed by atoms with E-state index in [9.17, 15) is 0 Å². The van der Waals surface area contributed by atoms with Gasteiger partial charge in [0.1, 0.15) is 0 Å². The zero-order valence-electron chi connectivity index (χ0n) is 25.2. The molecule has 0 aromatic heterocycles. The molecule has 0 N–H and O–H groups in total. The van der Waals surface area contributed by atoms with Gasteiger partial charge in [0.15, 0.2) is 0 Å². The molecule has 0 bridgehead atoms. The summed E-state index contributed by atoms with van der Waals surface area (Å²) in [6.07, 6.45) is 0. The van der Waals surface area contributed by atoms with Crippen molar-refractivity contribution in [3.63, 3.8) is 0 Å². The van der Waals surface area contributed by atoms with Crippen LogP contribution in [0.2, 0.25) is 0 Å². The van der Waals surface area contributed by atoms with E-state index in [0.29, 0.717) is 0 Å². The molecule has 0 saturated heterocycles. The average Bonchev–Trinajstić information content (AvgIpc) is 3.12. The van der Waals surface area contributed by atoms with Crippen LogP contribution in [0.1, 0.15) is 0 Å². The number of benzene rings is 10. The van der Waals surface area contributed by atoms with E-state index in [1.165, 1.54) is 97.7 Å². The monoisotopic (exact) mass is 580 g/mol. The fourth-order valence-electron chi connectivity index (χ4n) is 7.97. The van der Waals surface area contributed by atoms with E-state index in [2.05, 4.69) is 170 Å². The molecular weight excluding hydrogens is 553 g/mol. The Morgan fingerprint density at radius 3 is 1.22 bits per heavy atom. The van der Waals surface area contributed by atoms with Crippen molar-refractivity contribution in [3.8, 4) is 22.3 Å². The lowest BCUT2D eigenvalue weighted by Crippen LogP contribution is -1.93. The molecule has 0 aliphatic heterocycles. The summed E-state index contributed by atoms with van der Waals surface area (Å²) < 4.78 is 0. The molecule has 0 nitrogen and oxygen atoms in total. The molecule has 212 valence electrons. The van der Waals surface area contributed by atoms with E-state index in [4.69, 9.17) is 0 Å². The zero-order valence-corrected chi connectivity index (χ0v) is 25.2. The van der Waals surface area contributed by atoms with E-state index in [1.54, 1.807) is 0 Å². The lowest BCUT2D eigenvalue weighted by atomic mass is 9.82. The van der Waals surface area contributed by atoms with Gasteiger partial charge in [-0.2, -0.15) is 0 Å². The highest BCUT2D eigenvalue weighted by Crippen LogP contribution is 2.48. The van der Waals surface area contributed by atoms with Crippen LogP contribution in [0.15, 0.2) is 170 Å². The molecule has 0 amide bonds. The molecule has 46 heavy (non-hydrogen) atoms. The van der Waals surface area contributed by atoms with Crippen LogP contribution in [0.4, 0.5) is 0 Å². The van der Waals surface area contributed by atoms with Crippen molar-refractivity contribution in [2.24, 2.45) is 0 Å². The molecule has 0 atom stereocenters. The van der Waals surface area contributed by atoms with Crippen LogP contribution < -0.4 is 0 Å². The first-order chi connectivity index (χ1) is 22.8. The van der Waals surface area contributed by atoms with Gasteiger partial charge in [-0.15, -0.1) is 0 Å². The minimum Gasteiger partial charge on any atom is -0.0616 e. The van der Waals surface area contributed by atoms with Crippen molar-refractivity contribution in [1.29, 1.82) is 0 Å². The van der Waals surface area contributed by atoms with Crippen LogP contribution >= 0.6 is 0 Å². The molecule has 0 saturated carbocycles. The minimum atomic E-state index is 1.27. The molecule has 0 unspecified atom stereocenters. The predicted octanol–water partition coefficient (Wildman–Crippen LogP) is 13.1. The Balaban J connectivity index is 1.37. The Morgan fingerprint density at radius 1 is 0.196 bits per heavy atom. The summed E-state index contributed by atoms with van der Waals surface area (Å²) >= 11 is 0. The second-order valence-electron chi connectivity index (χ2n) is 12.4. The Hall–Kier alpha value is -5.98. The van der Waals surface area contributed by atoms with Gasteiger partial charge in [0.2, 0.25) is 0 Å². The van der Waals surface area contributed by atoms with Gasteiger partial charge in [-0.1, -0.05) is 152 Å². The summed E-state index contributed by atoms with van der Waals surface area (Å²) in [5, 5.41) is 17.9. The van der Waals surface area contributed by atoms with Crippen molar-refractivity contribution in [1.82, 2.24) is 0 Å². The zero-order chi connectivity index (χ0) is 30.2. The van der Waals surface area contributed by atoms with Crippen molar-refractivity contribution in [3.05, 3.63) is 170 Å². The van der Waals surface area contributed by atoms with Crippen molar-refractivity contribution in [2.45, 2.75) is 0 Å². The maximum absolute atomic E-state index is 2.36. The summed E-state index contributed by atoms with van der Waals surface area (Å²) in [4.78, 5) is 0. The predicted molar refractivity (Wildman–Crippen MR) is 200 cm³/mol. The Morgan fingerprint density at radius 2 is 0.609 bits per heavy atom. The summed E-state index contributed by atoms with van der Waals surface area (Å²) in [6.45, 7) is 0. The normalized spacial score (nSPS) is 11.9. The molecule has 0 heterocycles. The van der Waals surface area contributed by atoms with Gasteiger partial charge in [0, 0.05) is 0 Å². The van der Waals surface area contributed by atoms with E-state index in [-0.39, 0.29) is 0 Å². The van der Waals surface area contributed by atoms with Gasteiger partial charge < -0.3 is 0 Å². The molecule has 0 aliphatic carbocycles. The van der Waals surface area contributed by atoms with Crippen LogP contribution in [0.3, 0.4) is 0 Å². The highest BCUT2D eigenvalue weighted by molar-refractivity contribution is 6.29. The fourth-order valence-corrected chi connectivity index (χ4v) is 7.97. The Kier molecular flexibility index (Phi) is 5.38. The molecule has 0 fully saturated rings. The second-order valence-corrected chi connectivity index (χ2v) is 12.4. The number of fused-ring (bicyclic) bond motifs is 8. The topological polar surface area (TPSA) is 0 Å². The average molecular weight is 581 g/mol. The second kappa shape index (κ2) is 9.76. The first-order valence-electron chi connectivity index (χ1n) is 16.0. The summed E-state index contributed by atoms with van der Waals surface area (Å²) in [5.41, 5.74) is 5.18. The van der Waals surface area contributed by atoms with Crippen molar-refractivity contribution >= 4 is 75.4 Å². The summed E-state index contributed by atoms with van der Waals surface area (Å²) in [6, 6.07) is 62.9. The van der Waals surface area contributed by atoms with Gasteiger partial charge in [0.25, 0.3) is 0 Å². The SMILES string of the molecule is c1ccc2cc3c(ccc4c(-c5c6ccccc6c(-c6c7ccccc7cc7ccccc67)c6ccccc56)cccc43)cc2c1. The fraction of sp³-hybridized carbons (Fsp3) is 0. The summed E-state index contributed by atoms with van der Waals surface area (Å²) in [5.74, 6) is 0. The lowest BCUT2D eigenvalue weighted by Gasteiger charge is -2.21.